The fourth-order valence-corrected chi connectivity index (χ4v) is 3.05. The summed E-state index contributed by atoms with van der Waals surface area (Å²) in [5, 5.41) is 12.8. The van der Waals surface area contributed by atoms with Crippen molar-refractivity contribution in [1.82, 2.24) is 19.6 Å². The van der Waals surface area contributed by atoms with E-state index in [4.69, 9.17) is 23.2 Å². The second kappa shape index (κ2) is 7.93. The van der Waals surface area contributed by atoms with Gasteiger partial charge in [-0.3, -0.25) is 14.2 Å². The molecule has 2 aromatic heterocycles. The first-order valence-corrected chi connectivity index (χ1v) is 8.95. The van der Waals surface area contributed by atoms with Gasteiger partial charge in [0.1, 0.15) is 0 Å². The highest BCUT2D eigenvalue weighted by atomic mass is 35.5. The fourth-order valence-electron chi connectivity index (χ4n) is 2.70. The van der Waals surface area contributed by atoms with Crippen LogP contribution in [-0.4, -0.2) is 25.5 Å². The van der Waals surface area contributed by atoms with Crippen molar-refractivity contribution in [1.29, 1.82) is 0 Å². The number of benzene rings is 1. The molecule has 3 aromatic rings. The number of rotatable bonds is 6. The lowest BCUT2D eigenvalue weighted by atomic mass is 10.2. The maximum atomic E-state index is 12.3. The predicted molar refractivity (Wildman–Crippen MR) is 103 cm³/mol. The molecule has 6 nitrogen and oxygen atoms in total. The first-order chi connectivity index (χ1) is 12.4. The predicted octanol–water partition coefficient (Wildman–Crippen LogP) is 4.08. The van der Waals surface area contributed by atoms with Crippen LogP contribution < -0.4 is 5.32 Å². The lowest BCUT2D eigenvalue weighted by Crippen LogP contribution is -2.15. The summed E-state index contributed by atoms with van der Waals surface area (Å²) in [6.45, 7) is 4.82. The number of aryl methyl sites for hydroxylation is 2. The molecule has 0 aliphatic carbocycles. The molecule has 0 atom stereocenters. The monoisotopic (exact) mass is 391 g/mol. The van der Waals surface area contributed by atoms with Gasteiger partial charge in [-0.15, -0.1) is 0 Å². The largest absolute Gasteiger partial charge is 0.323 e. The highest BCUT2D eigenvalue weighted by molar-refractivity contribution is 6.31. The third-order valence-corrected chi connectivity index (χ3v) is 4.66. The molecule has 1 amide bonds. The van der Waals surface area contributed by atoms with E-state index in [0.29, 0.717) is 29.6 Å². The Bertz CT molecular complexity index is 932. The van der Waals surface area contributed by atoms with E-state index in [1.807, 2.05) is 42.8 Å². The number of halogens is 2. The molecular formula is C18H19Cl2N5O. The molecular weight excluding hydrogens is 373 g/mol. The second-order valence-electron chi connectivity index (χ2n) is 6.01. The molecule has 1 aromatic carbocycles. The minimum absolute atomic E-state index is 0.0971. The van der Waals surface area contributed by atoms with Gasteiger partial charge < -0.3 is 5.32 Å². The van der Waals surface area contributed by atoms with Crippen LogP contribution in [0.3, 0.4) is 0 Å². The van der Waals surface area contributed by atoms with Crippen LogP contribution >= 0.6 is 23.2 Å². The maximum absolute atomic E-state index is 12.3. The number of aromatic nitrogens is 4. The van der Waals surface area contributed by atoms with Gasteiger partial charge in [-0.05, 0) is 25.5 Å². The Labute approximate surface area is 161 Å². The van der Waals surface area contributed by atoms with Gasteiger partial charge in [0.05, 0.1) is 34.8 Å². The first-order valence-electron chi connectivity index (χ1n) is 8.19. The first kappa shape index (κ1) is 18.5. The van der Waals surface area contributed by atoms with E-state index < -0.39 is 0 Å². The molecule has 0 spiro atoms. The Morgan fingerprint density at radius 2 is 2.00 bits per heavy atom. The fraction of sp³-hybridized carbons (Fsp3) is 0.278. The number of hydrogen-bond donors (Lipinski definition) is 1. The van der Waals surface area contributed by atoms with Gasteiger partial charge in [-0.25, -0.2) is 0 Å². The van der Waals surface area contributed by atoms with Crippen molar-refractivity contribution in [3.8, 4) is 0 Å². The van der Waals surface area contributed by atoms with Crippen LogP contribution in [0.25, 0.3) is 0 Å². The van der Waals surface area contributed by atoms with Crippen molar-refractivity contribution in [2.24, 2.45) is 0 Å². The van der Waals surface area contributed by atoms with Crippen LogP contribution in [0.5, 0.6) is 0 Å². The molecule has 0 aliphatic heterocycles. The minimum atomic E-state index is -0.0971. The van der Waals surface area contributed by atoms with Crippen LogP contribution in [0.15, 0.2) is 36.7 Å². The highest BCUT2D eigenvalue weighted by Crippen LogP contribution is 2.23. The maximum Gasteiger partial charge on any atom is 0.226 e. The molecule has 136 valence electrons. The lowest BCUT2D eigenvalue weighted by Gasteiger charge is -2.08. The van der Waals surface area contributed by atoms with Gasteiger partial charge in [0, 0.05) is 24.2 Å². The summed E-state index contributed by atoms with van der Waals surface area (Å²) in [6, 6.07) is 7.65. The van der Waals surface area contributed by atoms with Crippen LogP contribution in [0.4, 0.5) is 5.69 Å². The SMILES string of the molecule is Cc1nn(Cc2ccccc2Cl)c(C)c1NC(=O)CCn1cc(Cl)cn1. The van der Waals surface area contributed by atoms with Crippen molar-refractivity contribution in [2.45, 2.75) is 33.4 Å². The Kier molecular flexibility index (Phi) is 5.64. The van der Waals surface area contributed by atoms with E-state index in [2.05, 4.69) is 15.5 Å². The summed E-state index contributed by atoms with van der Waals surface area (Å²) < 4.78 is 3.49. The van der Waals surface area contributed by atoms with Gasteiger partial charge in [0.2, 0.25) is 5.91 Å². The molecule has 26 heavy (non-hydrogen) atoms. The standard InChI is InChI=1S/C18H19Cl2N5O/c1-12-18(22-17(26)7-8-24-11-15(19)9-21-24)13(2)25(23-12)10-14-5-3-4-6-16(14)20/h3-6,9,11H,7-8,10H2,1-2H3,(H,22,26). The highest BCUT2D eigenvalue weighted by Gasteiger charge is 2.15. The molecule has 2 heterocycles. The van der Waals surface area contributed by atoms with E-state index in [1.54, 1.807) is 17.1 Å². The third kappa shape index (κ3) is 4.26. The Morgan fingerprint density at radius 1 is 1.23 bits per heavy atom. The molecule has 0 saturated heterocycles. The average molecular weight is 392 g/mol. The van der Waals surface area contributed by atoms with E-state index in [1.165, 1.54) is 0 Å². The summed E-state index contributed by atoms with van der Waals surface area (Å²) in [5.41, 5.74) is 3.37. The average Bonchev–Trinajstić information content (AvgIpc) is 3.13. The Morgan fingerprint density at radius 3 is 2.69 bits per heavy atom. The van der Waals surface area contributed by atoms with Crippen molar-refractivity contribution < 1.29 is 4.79 Å². The second-order valence-corrected chi connectivity index (χ2v) is 6.86. The normalized spacial score (nSPS) is 10.9. The lowest BCUT2D eigenvalue weighted by molar-refractivity contribution is -0.116. The van der Waals surface area contributed by atoms with Gasteiger partial charge in [0.15, 0.2) is 0 Å². The van der Waals surface area contributed by atoms with Gasteiger partial charge in [-0.2, -0.15) is 10.2 Å². The molecule has 0 fully saturated rings. The van der Waals surface area contributed by atoms with Crippen molar-refractivity contribution in [3.63, 3.8) is 0 Å². The van der Waals surface area contributed by atoms with E-state index in [-0.39, 0.29) is 5.91 Å². The summed E-state index contributed by atoms with van der Waals surface area (Å²) in [7, 11) is 0. The van der Waals surface area contributed by atoms with Crippen molar-refractivity contribution in [2.75, 3.05) is 5.32 Å². The molecule has 3 rings (SSSR count). The van der Waals surface area contributed by atoms with E-state index in [0.717, 1.165) is 22.6 Å². The number of anilines is 1. The molecule has 0 unspecified atom stereocenters. The molecule has 0 bridgehead atoms. The summed E-state index contributed by atoms with van der Waals surface area (Å²) in [4.78, 5) is 12.3. The summed E-state index contributed by atoms with van der Waals surface area (Å²) in [5.74, 6) is -0.0971. The van der Waals surface area contributed by atoms with Crippen molar-refractivity contribution in [3.05, 3.63) is 63.7 Å². The number of carbonyl (C=O) groups excluding carboxylic acids is 1. The topological polar surface area (TPSA) is 64.7 Å². The third-order valence-electron chi connectivity index (χ3n) is 4.09. The zero-order valence-electron chi connectivity index (χ0n) is 14.5. The summed E-state index contributed by atoms with van der Waals surface area (Å²) >= 11 is 12.1. The van der Waals surface area contributed by atoms with Crippen LogP contribution in [0, 0.1) is 13.8 Å². The van der Waals surface area contributed by atoms with E-state index >= 15 is 0 Å². The van der Waals surface area contributed by atoms with Crippen LogP contribution in [0.1, 0.15) is 23.4 Å². The van der Waals surface area contributed by atoms with Gasteiger partial charge >= 0.3 is 0 Å². The minimum Gasteiger partial charge on any atom is -0.323 e. The molecule has 1 N–H and O–H groups in total. The number of carbonyl (C=O) groups is 1. The van der Waals surface area contributed by atoms with Gasteiger partial charge in [-0.1, -0.05) is 41.4 Å². The Hall–Kier alpha value is -2.31. The summed E-state index contributed by atoms with van der Waals surface area (Å²) in [6.07, 6.45) is 3.53. The molecule has 0 aliphatic rings. The number of amides is 1. The number of nitrogens with one attached hydrogen (secondary N) is 1. The molecule has 8 heteroatoms. The quantitative estimate of drug-likeness (QED) is 0.688. The number of nitrogens with zero attached hydrogens (tertiary/aromatic N) is 4. The smallest absolute Gasteiger partial charge is 0.226 e. The van der Waals surface area contributed by atoms with Crippen LogP contribution in [0.2, 0.25) is 10.0 Å². The zero-order chi connectivity index (χ0) is 18.7. The van der Waals surface area contributed by atoms with Crippen LogP contribution in [-0.2, 0) is 17.9 Å². The zero-order valence-corrected chi connectivity index (χ0v) is 16.1. The number of hydrogen-bond acceptors (Lipinski definition) is 3. The van der Waals surface area contributed by atoms with Crippen molar-refractivity contribution >= 4 is 34.8 Å². The van der Waals surface area contributed by atoms with Gasteiger partial charge in [0.25, 0.3) is 0 Å². The molecule has 0 saturated carbocycles. The molecule has 0 radical (unpaired) electrons. The van der Waals surface area contributed by atoms with E-state index in [9.17, 15) is 4.79 Å². The Balaban J connectivity index is 1.67.